The maximum Gasteiger partial charge on any atom is 0.211 e. The van der Waals surface area contributed by atoms with Gasteiger partial charge in [0.25, 0.3) is 0 Å². The van der Waals surface area contributed by atoms with E-state index in [9.17, 15) is 8.42 Å². The standard InChI is InChI=1S/C14H23NO3S/c1-4-5-10-19(16,17)15-9-8-13-6-7-14(18-3)12(2)11-13/h6-7,11,15H,4-5,8-10H2,1-3H3. The van der Waals surface area contributed by atoms with E-state index >= 15 is 0 Å². The van der Waals surface area contributed by atoms with E-state index in [-0.39, 0.29) is 5.75 Å². The quantitative estimate of drug-likeness (QED) is 0.797. The molecule has 0 saturated carbocycles. The molecule has 5 heteroatoms. The van der Waals surface area contributed by atoms with E-state index in [4.69, 9.17) is 4.74 Å². The number of benzene rings is 1. The molecule has 0 aliphatic rings. The highest BCUT2D eigenvalue weighted by molar-refractivity contribution is 7.89. The Bertz CT molecular complexity index is 497. The number of aryl methyl sites for hydroxylation is 1. The summed E-state index contributed by atoms with van der Waals surface area (Å²) in [5.41, 5.74) is 2.17. The number of rotatable bonds is 8. The average Bonchev–Trinajstić information content (AvgIpc) is 2.36. The van der Waals surface area contributed by atoms with Crippen molar-refractivity contribution >= 4 is 10.0 Å². The first-order valence-corrected chi connectivity index (χ1v) is 8.24. The summed E-state index contributed by atoms with van der Waals surface area (Å²) in [7, 11) is -1.47. The fourth-order valence-electron chi connectivity index (χ4n) is 1.85. The van der Waals surface area contributed by atoms with Gasteiger partial charge < -0.3 is 4.74 Å². The van der Waals surface area contributed by atoms with Crippen LogP contribution in [0.15, 0.2) is 18.2 Å². The van der Waals surface area contributed by atoms with Crippen LogP contribution in [0.5, 0.6) is 5.75 Å². The number of hydrogen-bond donors (Lipinski definition) is 1. The maximum atomic E-state index is 11.6. The first kappa shape index (κ1) is 16.0. The van der Waals surface area contributed by atoms with Crippen LogP contribution in [0.25, 0.3) is 0 Å². The van der Waals surface area contributed by atoms with Gasteiger partial charge in [-0.05, 0) is 37.0 Å². The summed E-state index contributed by atoms with van der Waals surface area (Å²) in [4.78, 5) is 0. The number of ether oxygens (including phenoxy) is 1. The van der Waals surface area contributed by atoms with Crippen LogP contribution >= 0.6 is 0 Å². The lowest BCUT2D eigenvalue weighted by atomic mass is 10.1. The molecule has 0 radical (unpaired) electrons. The number of methoxy groups -OCH3 is 1. The van der Waals surface area contributed by atoms with Gasteiger partial charge in [-0.15, -0.1) is 0 Å². The van der Waals surface area contributed by atoms with Gasteiger partial charge in [-0.3, -0.25) is 0 Å². The summed E-state index contributed by atoms with van der Waals surface area (Å²) >= 11 is 0. The van der Waals surface area contributed by atoms with E-state index < -0.39 is 10.0 Å². The lowest BCUT2D eigenvalue weighted by molar-refractivity contribution is 0.411. The molecule has 1 N–H and O–H groups in total. The molecule has 0 aromatic heterocycles. The predicted octanol–water partition coefficient (Wildman–Crippen LogP) is 2.27. The summed E-state index contributed by atoms with van der Waals surface area (Å²) in [5, 5.41) is 0. The van der Waals surface area contributed by atoms with Crippen molar-refractivity contribution in [2.45, 2.75) is 33.1 Å². The topological polar surface area (TPSA) is 55.4 Å². The zero-order valence-electron chi connectivity index (χ0n) is 11.9. The molecule has 0 spiro atoms. The normalized spacial score (nSPS) is 11.5. The first-order valence-electron chi connectivity index (χ1n) is 6.59. The molecule has 0 heterocycles. The van der Waals surface area contributed by atoms with Crippen LogP contribution in [-0.4, -0.2) is 27.8 Å². The zero-order chi connectivity index (χ0) is 14.3. The average molecular weight is 285 g/mol. The third-order valence-corrected chi connectivity index (χ3v) is 4.43. The fraction of sp³-hybridized carbons (Fsp3) is 0.571. The van der Waals surface area contributed by atoms with Crippen LogP contribution in [0, 0.1) is 6.92 Å². The van der Waals surface area contributed by atoms with E-state index in [0.29, 0.717) is 19.4 Å². The molecular formula is C14H23NO3S. The van der Waals surface area contributed by atoms with Crippen LogP contribution in [0.1, 0.15) is 30.9 Å². The Morgan fingerprint density at radius 3 is 2.63 bits per heavy atom. The largest absolute Gasteiger partial charge is 0.496 e. The van der Waals surface area contributed by atoms with Crippen LogP contribution in [-0.2, 0) is 16.4 Å². The van der Waals surface area contributed by atoms with E-state index in [1.807, 2.05) is 32.0 Å². The summed E-state index contributed by atoms with van der Waals surface area (Å²) in [6, 6.07) is 5.90. The Kier molecular flexibility index (Phi) is 6.31. The number of hydrogen-bond acceptors (Lipinski definition) is 3. The predicted molar refractivity (Wildman–Crippen MR) is 78.1 cm³/mol. The van der Waals surface area contributed by atoms with E-state index in [0.717, 1.165) is 23.3 Å². The Hall–Kier alpha value is -1.07. The molecule has 0 aliphatic heterocycles. The Balaban J connectivity index is 2.47. The van der Waals surface area contributed by atoms with E-state index in [1.165, 1.54) is 0 Å². The van der Waals surface area contributed by atoms with Crippen molar-refractivity contribution in [3.8, 4) is 5.75 Å². The zero-order valence-corrected chi connectivity index (χ0v) is 12.7. The molecule has 0 atom stereocenters. The van der Waals surface area contributed by atoms with Gasteiger partial charge in [0, 0.05) is 6.54 Å². The minimum Gasteiger partial charge on any atom is -0.496 e. The van der Waals surface area contributed by atoms with Gasteiger partial charge in [0.05, 0.1) is 12.9 Å². The molecule has 108 valence electrons. The van der Waals surface area contributed by atoms with Crippen molar-refractivity contribution in [2.24, 2.45) is 0 Å². The van der Waals surface area contributed by atoms with Crippen molar-refractivity contribution in [1.82, 2.24) is 4.72 Å². The van der Waals surface area contributed by atoms with Crippen molar-refractivity contribution < 1.29 is 13.2 Å². The third kappa shape index (κ3) is 5.61. The Morgan fingerprint density at radius 2 is 2.05 bits per heavy atom. The highest BCUT2D eigenvalue weighted by Gasteiger charge is 2.08. The molecule has 0 unspecified atom stereocenters. The van der Waals surface area contributed by atoms with Crippen molar-refractivity contribution in [3.05, 3.63) is 29.3 Å². The van der Waals surface area contributed by atoms with Crippen molar-refractivity contribution in [2.75, 3.05) is 19.4 Å². The second kappa shape index (κ2) is 7.50. The Morgan fingerprint density at radius 1 is 1.32 bits per heavy atom. The summed E-state index contributed by atoms with van der Waals surface area (Å²) in [6.45, 7) is 4.40. The first-order chi connectivity index (χ1) is 8.98. The molecule has 0 fully saturated rings. The van der Waals surface area contributed by atoms with Crippen LogP contribution in [0.4, 0.5) is 0 Å². The SMILES string of the molecule is CCCCS(=O)(=O)NCCc1ccc(OC)c(C)c1. The summed E-state index contributed by atoms with van der Waals surface area (Å²) in [6.07, 6.45) is 2.28. The lowest BCUT2D eigenvalue weighted by Crippen LogP contribution is -2.28. The minimum absolute atomic E-state index is 0.213. The number of nitrogens with one attached hydrogen (secondary N) is 1. The van der Waals surface area contributed by atoms with Crippen LogP contribution < -0.4 is 9.46 Å². The fourth-order valence-corrected chi connectivity index (χ4v) is 3.08. The van der Waals surface area contributed by atoms with Crippen molar-refractivity contribution in [1.29, 1.82) is 0 Å². The maximum absolute atomic E-state index is 11.6. The molecule has 0 bridgehead atoms. The second-order valence-corrected chi connectivity index (χ2v) is 6.55. The molecular weight excluding hydrogens is 262 g/mol. The van der Waals surface area contributed by atoms with Gasteiger partial charge in [-0.2, -0.15) is 0 Å². The Labute approximate surface area is 116 Å². The molecule has 19 heavy (non-hydrogen) atoms. The molecule has 1 aromatic rings. The third-order valence-electron chi connectivity index (χ3n) is 2.96. The second-order valence-electron chi connectivity index (χ2n) is 4.62. The molecule has 4 nitrogen and oxygen atoms in total. The number of sulfonamides is 1. The van der Waals surface area contributed by atoms with E-state index in [1.54, 1.807) is 7.11 Å². The number of unbranched alkanes of at least 4 members (excludes halogenated alkanes) is 1. The minimum atomic E-state index is -3.11. The molecule has 1 rings (SSSR count). The monoisotopic (exact) mass is 285 g/mol. The van der Waals surface area contributed by atoms with Gasteiger partial charge >= 0.3 is 0 Å². The van der Waals surface area contributed by atoms with Crippen LogP contribution in [0.3, 0.4) is 0 Å². The molecule has 0 aliphatic carbocycles. The van der Waals surface area contributed by atoms with Gasteiger partial charge in [0.1, 0.15) is 5.75 Å². The highest BCUT2D eigenvalue weighted by Crippen LogP contribution is 2.18. The molecule has 0 amide bonds. The van der Waals surface area contributed by atoms with Gasteiger partial charge in [-0.1, -0.05) is 25.5 Å². The highest BCUT2D eigenvalue weighted by atomic mass is 32.2. The molecule has 0 saturated heterocycles. The molecule has 1 aromatic carbocycles. The summed E-state index contributed by atoms with van der Waals surface area (Å²) < 4.78 is 31.1. The van der Waals surface area contributed by atoms with Crippen molar-refractivity contribution in [3.63, 3.8) is 0 Å². The van der Waals surface area contributed by atoms with E-state index in [2.05, 4.69) is 4.72 Å². The smallest absolute Gasteiger partial charge is 0.211 e. The summed E-state index contributed by atoms with van der Waals surface area (Å²) in [5.74, 6) is 1.07. The van der Waals surface area contributed by atoms with Crippen LogP contribution in [0.2, 0.25) is 0 Å². The lowest BCUT2D eigenvalue weighted by Gasteiger charge is -2.08. The van der Waals surface area contributed by atoms with Gasteiger partial charge in [-0.25, -0.2) is 13.1 Å². The van der Waals surface area contributed by atoms with Gasteiger partial charge in [0.15, 0.2) is 0 Å². The van der Waals surface area contributed by atoms with Gasteiger partial charge in [0.2, 0.25) is 10.0 Å².